The van der Waals surface area contributed by atoms with Crippen molar-refractivity contribution in [2.75, 3.05) is 0 Å². The van der Waals surface area contributed by atoms with E-state index in [-0.39, 0.29) is 0 Å². The number of rotatable bonds is 0. The smallest absolute Gasteiger partial charge is 0.0385 e. The summed E-state index contributed by atoms with van der Waals surface area (Å²) in [5.41, 5.74) is 2.31. The molecule has 1 nitrogen and oxygen atoms in total. The molecule has 0 aliphatic heterocycles. The Morgan fingerprint density at radius 2 is 2.27 bits per heavy atom. The first-order valence-electron chi connectivity index (χ1n) is 4.33. The largest absolute Gasteiger partial charge is 0.305 e. The van der Waals surface area contributed by atoms with Crippen LogP contribution in [0.2, 0.25) is 0 Å². The van der Waals surface area contributed by atoms with Gasteiger partial charge in [0.1, 0.15) is 0 Å². The molecule has 1 N–H and O–H groups in total. The van der Waals surface area contributed by atoms with Crippen molar-refractivity contribution in [3.8, 4) is 0 Å². The summed E-state index contributed by atoms with van der Waals surface area (Å²) >= 11 is 0. The Bertz CT molecular complexity index is 235. The zero-order chi connectivity index (χ0) is 7.68. The van der Waals surface area contributed by atoms with E-state index in [0.29, 0.717) is 5.92 Å². The van der Waals surface area contributed by atoms with Crippen molar-refractivity contribution in [1.29, 1.82) is 5.41 Å². The third-order valence-corrected chi connectivity index (χ3v) is 2.62. The third-order valence-electron chi connectivity index (χ3n) is 2.62. The quantitative estimate of drug-likeness (QED) is 0.544. The van der Waals surface area contributed by atoms with Crippen molar-refractivity contribution in [3.63, 3.8) is 0 Å². The molecule has 58 valence electrons. The summed E-state index contributed by atoms with van der Waals surface area (Å²) in [6.07, 6.45) is 11.2. The standard InChI is InChI=1S/C10H13N/c11-10-7-3-5-8-4-1-2-6-9(8)10/h3,5,7,9,11H,1-2,4,6H2. The van der Waals surface area contributed by atoms with E-state index in [2.05, 4.69) is 6.08 Å². The molecule has 0 aromatic heterocycles. The van der Waals surface area contributed by atoms with Gasteiger partial charge in [-0.2, -0.15) is 0 Å². The summed E-state index contributed by atoms with van der Waals surface area (Å²) in [4.78, 5) is 0. The maximum Gasteiger partial charge on any atom is 0.0385 e. The lowest BCUT2D eigenvalue weighted by molar-refractivity contribution is 0.537. The topological polar surface area (TPSA) is 23.9 Å². The molecule has 1 atom stereocenters. The van der Waals surface area contributed by atoms with Crippen molar-refractivity contribution < 1.29 is 0 Å². The van der Waals surface area contributed by atoms with E-state index in [1.807, 2.05) is 12.2 Å². The molecule has 0 aromatic carbocycles. The number of nitrogens with one attached hydrogen (secondary N) is 1. The van der Waals surface area contributed by atoms with Gasteiger partial charge in [-0.15, -0.1) is 0 Å². The highest BCUT2D eigenvalue weighted by molar-refractivity contribution is 5.97. The van der Waals surface area contributed by atoms with Crippen molar-refractivity contribution in [3.05, 3.63) is 23.8 Å². The fraction of sp³-hybridized carbons (Fsp3) is 0.500. The maximum absolute atomic E-state index is 7.69. The Morgan fingerprint density at radius 1 is 1.36 bits per heavy atom. The zero-order valence-electron chi connectivity index (χ0n) is 6.64. The van der Waals surface area contributed by atoms with Gasteiger partial charge in [0.05, 0.1) is 0 Å². The molecule has 0 radical (unpaired) electrons. The van der Waals surface area contributed by atoms with E-state index in [9.17, 15) is 0 Å². The van der Waals surface area contributed by atoms with Gasteiger partial charge in [-0.3, -0.25) is 0 Å². The molecule has 1 saturated carbocycles. The van der Waals surface area contributed by atoms with Crippen LogP contribution in [0.15, 0.2) is 23.8 Å². The van der Waals surface area contributed by atoms with Gasteiger partial charge in [-0.05, 0) is 25.3 Å². The molecule has 0 spiro atoms. The molecule has 2 aliphatic carbocycles. The number of hydrogen-bond donors (Lipinski definition) is 1. The number of allylic oxidation sites excluding steroid dienone is 4. The lowest BCUT2D eigenvalue weighted by Gasteiger charge is -2.26. The zero-order valence-corrected chi connectivity index (χ0v) is 6.64. The van der Waals surface area contributed by atoms with E-state index < -0.39 is 0 Å². The van der Waals surface area contributed by atoms with Crippen LogP contribution in [0, 0.1) is 11.3 Å². The van der Waals surface area contributed by atoms with Gasteiger partial charge in [-0.1, -0.05) is 24.1 Å². The molecule has 11 heavy (non-hydrogen) atoms. The predicted molar refractivity (Wildman–Crippen MR) is 46.9 cm³/mol. The van der Waals surface area contributed by atoms with E-state index in [1.165, 1.54) is 31.3 Å². The fourth-order valence-corrected chi connectivity index (χ4v) is 1.98. The molecule has 0 heterocycles. The van der Waals surface area contributed by atoms with Gasteiger partial charge < -0.3 is 5.41 Å². The third kappa shape index (κ3) is 1.15. The van der Waals surface area contributed by atoms with Gasteiger partial charge >= 0.3 is 0 Å². The summed E-state index contributed by atoms with van der Waals surface area (Å²) < 4.78 is 0. The van der Waals surface area contributed by atoms with Crippen LogP contribution in [0.25, 0.3) is 0 Å². The molecule has 1 fully saturated rings. The van der Waals surface area contributed by atoms with Crippen LogP contribution in [0.3, 0.4) is 0 Å². The van der Waals surface area contributed by atoms with Crippen LogP contribution >= 0.6 is 0 Å². The fourth-order valence-electron chi connectivity index (χ4n) is 1.98. The van der Waals surface area contributed by atoms with E-state index in [0.717, 1.165) is 5.71 Å². The molecule has 0 saturated heterocycles. The Kier molecular flexibility index (Phi) is 1.65. The minimum Gasteiger partial charge on any atom is -0.305 e. The summed E-state index contributed by atoms with van der Waals surface area (Å²) in [6.45, 7) is 0. The van der Waals surface area contributed by atoms with Crippen LogP contribution < -0.4 is 0 Å². The van der Waals surface area contributed by atoms with Crippen LogP contribution in [-0.4, -0.2) is 5.71 Å². The number of fused-ring (bicyclic) bond motifs is 1. The minimum atomic E-state index is 0.480. The lowest BCUT2D eigenvalue weighted by atomic mass is 9.79. The summed E-state index contributed by atoms with van der Waals surface area (Å²) in [5.74, 6) is 0.480. The van der Waals surface area contributed by atoms with Crippen molar-refractivity contribution >= 4 is 5.71 Å². The van der Waals surface area contributed by atoms with E-state index in [1.54, 1.807) is 0 Å². The first-order valence-corrected chi connectivity index (χ1v) is 4.33. The Labute approximate surface area is 67.3 Å². The number of hydrogen-bond acceptors (Lipinski definition) is 1. The molecule has 2 aliphatic rings. The van der Waals surface area contributed by atoms with Gasteiger partial charge in [0.15, 0.2) is 0 Å². The van der Waals surface area contributed by atoms with Gasteiger partial charge in [0.25, 0.3) is 0 Å². The second-order valence-electron chi connectivity index (χ2n) is 3.35. The highest BCUT2D eigenvalue weighted by Gasteiger charge is 2.22. The summed E-state index contributed by atoms with van der Waals surface area (Å²) in [7, 11) is 0. The molecular formula is C10H13N. The van der Waals surface area contributed by atoms with Gasteiger partial charge in [-0.25, -0.2) is 0 Å². The Hall–Kier alpha value is -0.850. The second-order valence-corrected chi connectivity index (χ2v) is 3.35. The first-order chi connectivity index (χ1) is 5.38. The van der Waals surface area contributed by atoms with Crippen LogP contribution in [0.1, 0.15) is 25.7 Å². The molecule has 1 heteroatoms. The maximum atomic E-state index is 7.69. The highest BCUT2D eigenvalue weighted by atomic mass is 14.5. The molecule has 0 bridgehead atoms. The van der Waals surface area contributed by atoms with Crippen LogP contribution in [0.5, 0.6) is 0 Å². The minimum absolute atomic E-state index is 0.480. The summed E-state index contributed by atoms with van der Waals surface area (Å²) in [6, 6.07) is 0. The molecule has 0 amide bonds. The highest BCUT2D eigenvalue weighted by Crippen LogP contribution is 2.32. The van der Waals surface area contributed by atoms with Crippen LogP contribution in [0.4, 0.5) is 0 Å². The van der Waals surface area contributed by atoms with Gasteiger partial charge in [0.2, 0.25) is 0 Å². The second kappa shape index (κ2) is 2.65. The Balaban J connectivity index is 2.25. The average molecular weight is 147 g/mol. The van der Waals surface area contributed by atoms with E-state index >= 15 is 0 Å². The average Bonchev–Trinajstić information content (AvgIpc) is 2.06. The van der Waals surface area contributed by atoms with Crippen molar-refractivity contribution in [2.24, 2.45) is 5.92 Å². The summed E-state index contributed by atoms with van der Waals surface area (Å²) in [5, 5.41) is 7.69. The van der Waals surface area contributed by atoms with Crippen molar-refractivity contribution in [2.45, 2.75) is 25.7 Å². The van der Waals surface area contributed by atoms with E-state index in [4.69, 9.17) is 5.41 Å². The molecular weight excluding hydrogens is 134 g/mol. The molecule has 1 unspecified atom stereocenters. The van der Waals surface area contributed by atoms with Crippen LogP contribution in [-0.2, 0) is 0 Å². The Morgan fingerprint density at radius 3 is 3.09 bits per heavy atom. The molecule has 0 aromatic rings. The van der Waals surface area contributed by atoms with Gasteiger partial charge in [0, 0.05) is 11.6 Å². The monoisotopic (exact) mass is 147 g/mol. The normalized spacial score (nSPS) is 29.6. The van der Waals surface area contributed by atoms with Crippen molar-refractivity contribution in [1.82, 2.24) is 0 Å². The molecule has 2 rings (SSSR count). The SMILES string of the molecule is N=C1C=CC=C2CCCCC12. The lowest BCUT2D eigenvalue weighted by Crippen LogP contribution is -2.19. The predicted octanol–water partition coefficient (Wildman–Crippen LogP) is 2.69. The first kappa shape index (κ1) is 6.84.